The number of hydrogen-bond acceptors (Lipinski definition) is 3. The van der Waals surface area contributed by atoms with Crippen molar-refractivity contribution in [2.24, 2.45) is 5.92 Å². The van der Waals surface area contributed by atoms with Crippen molar-refractivity contribution in [1.29, 1.82) is 0 Å². The van der Waals surface area contributed by atoms with Gasteiger partial charge in [0.05, 0.1) is 5.56 Å². The van der Waals surface area contributed by atoms with Crippen LogP contribution in [0.2, 0.25) is 0 Å². The van der Waals surface area contributed by atoms with E-state index in [4.69, 9.17) is 0 Å². The fourth-order valence-corrected chi connectivity index (χ4v) is 2.24. The molecule has 1 aromatic rings. The molecule has 1 atom stereocenters. The normalized spacial score (nSPS) is 13.4. The summed E-state index contributed by atoms with van der Waals surface area (Å²) in [5.74, 6) is 0.181. The summed E-state index contributed by atoms with van der Waals surface area (Å²) in [4.78, 5) is 5.44. The molecule has 1 N–H and O–H groups in total. The molecule has 108 valence electrons. The van der Waals surface area contributed by atoms with Crippen LogP contribution in [0.4, 0.5) is 19.0 Å². The number of alkyl halides is 3. The van der Waals surface area contributed by atoms with E-state index in [1.165, 1.54) is 11.1 Å². The predicted molar refractivity (Wildman–Crippen MR) is 73.3 cm³/mol. The van der Waals surface area contributed by atoms with Gasteiger partial charge in [0.2, 0.25) is 0 Å². The molecule has 3 nitrogen and oxygen atoms in total. The van der Waals surface area contributed by atoms with E-state index >= 15 is 0 Å². The summed E-state index contributed by atoms with van der Waals surface area (Å²) in [5, 5.41) is 3.00. The monoisotopic (exact) mass is 339 g/mol. The molecular formula is C12H17BrF3N3. The zero-order valence-corrected chi connectivity index (χ0v) is 12.6. The van der Waals surface area contributed by atoms with Gasteiger partial charge in [0, 0.05) is 24.3 Å². The van der Waals surface area contributed by atoms with Crippen LogP contribution in [0.1, 0.15) is 12.5 Å². The molecule has 0 aliphatic carbocycles. The third-order valence-corrected chi connectivity index (χ3v) is 3.07. The fourth-order valence-electron chi connectivity index (χ4n) is 1.91. The van der Waals surface area contributed by atoms with Crippen molar-refractivity contribution in [3.05, 3.63) is 22.3 Å². The number of nitrogens with zero attached hydrogens (tertiary/aromatic N) is 2. The first-order valence-corrected chi connectivity index (χ1v) is 6.63. The Balaban J connectivity index is 2.99. The summed E-state index contributed by atoms with van der Waals surface area (Å²) in [5.41, 5.74) is -0.721. The highest BCUT2D eigenvalue weighted by Gasteiger charge is 2.35. The number of anilines is 1. The highest BCUT2D eigenvalue weighted by atomic mass is 79.9. The largest absolute Gasteiger partial charge is 0.419 e. The second-order valence-electron chi connectivity index (χ2n) is 4.57. The van der Waals surface area contributed by atoms with Gasteiger partial charge in [0.1, 0.15) is 5.82 Å². The summed E-state index contributed by atoms with van der Waals surface area (Å²) in [6.07, 6.45) is -3.03. The van der Waals surface area contributed by atoms with Gasteiger partial charge in [0.25, 0.3) is 0 Å². The number of hydrogen-bond donors (Lipinski definition) is 1. The summed E-state index contributed by atoms with van der Waals surface area (Å²) in [6.45, 7) is 3.21. The van der Waals surface area contributed by atoms with E-state index < -0.39 is 11.7 Å². The number of pyridine rings is 1. The lowest BCUT2D eigenvalue weighted by atomic mass is 10.1. The minimum atomic E-state index is -4.41. The molecule has 0 fully saturated rings. The van der Waals surface area contributed by atoms with Gasteiger partial charge in [-0.15, -0.1) is 0 Å². The van der Waals surface area contributed by atoms with Crippen LogP contribution < -0.4 is 10.2 Å². The second kappa shape index (κ2) is 6.56. The highest BCUT2D eigenvalue weighted by molar-refractivity contribution is 9.10. The van der Waals surface area contributed by atoms with Gasteiger partial charge >= 0.3 is 6.18 Å². The third kappa shape index (κ3) is 4.65. The SMILES string of the molecule is CNCC(C)CN(C)c1ncc(Br)cc1C(F)(F)F. The van der Waals surface area contributed by atoms with Crippen LogP contribution in [0.3, 0.4) is 0 Å². The predicted octanol–water partition coefficient (Wildman–Crippen LogP) is 3.15. The van der Waals surface area contributed by atoms with Crippen LogP contribution in [0.5, 0.6) is 0 Å². The maximum atomic E-state index is 13.0. The Morgan fingerprint density at radius 2 is 2.11 bits per heavy atom. The topological polar surface area (TPSA) is 28.2 Å². The lowest BCUT2D eigenvalue weighted by molar-refractivity contribution is -0.137. The maximum absolute atomic E-state index is 13.0. The van der Waals surface area contributed by atoms with E-state index in [9.17, 15) is 13.2 Å². The molecule has 0 amide bonds. The van der Waals surface area contributed by atoms with Gasteiger partial charge in [-0.3, -0.25) is 0 Å². The fraction of sp³-hybridized carbons (Fsp3) is 0.583. The van der Waals surface area contributed by atoms with Gasteiger partial charge in [0.15, 0.2) is 0 Å². The van der Waals surface area contributed by atoms with Crippen LogP contribution in [0.25, 0.3) is 0 Å². The minimum absolute atomic E-state index is 0.0429. The molecule has 0 saturated carbocycles. The average molecular weight is 340 g/mol. The summed E-state index contributed by atoms with van der Waals surface area (Å²) in [7, 11) is 3.44. The number of aromatic nitrogens is 1. The molecule has 19 heavy (non-hydrogen) atoms. The van der Waals surface area contributed by atoms with E-state index in [0.717, 1.165) is 12.6 Å². The average Bonchev–Trinajstić information content (AvgIpc) is 2.27. The second-order valence-corrected chi connectivity index (χ2v) is 5.48. The number of nitrogens with one attached hydrogen (secondary N) is 1. The first-order chi connectivity index (χ1) is 8.75. The van der Waals surface area contributed by atoms with E-state index in [-0.39, 0.29) is 11.7 Å². The van der Waals surface area contributed by atoms with Crippen LogP contribution in [0, 0.1) is 5.92 Å². The van der Waals surface area contributed by atoms with Gasteiger partial charge in [-0.1, -0.05) is 6.92 Å². The number of halogens is 4. The molecule has 0 aromatic carbocycles. The molecule has 7 heteroatoms. The molecule has 0 radical (unpaired) electrons. The van der Waals surface area contributed by atoms with Crippen molar-refractivity contribution >= 4 is 21.7 Å². The van der Waals surface area contributed by atoms with Crippen molar-refractivity contribution in [2.75, 3.05) is 32.1 Å². The zero-order chi connectivity index (χ0) is 14.6. The lowest BCUT2D eigenvalue weighted by Crippen LogP contribution is -2.31. The molecule has 0 aliphatic heterocycles. The number of rotatable bonds is 5. The minimum Gasteiger partial charge on any atom is -0.359 e. The van der Waals surface area contributed by atoms with Gasteiger partial charge in [-0.2, -0.15) is 13.2 Å². The quantitative estimate of drug-likeness (QED) is 0.893. The molecule has 1 heterocycles. The summed E-state index contributed by atoms with van der Waals surface area (Å²) < 4.78 is 39.2. The van der Waals surface area contributed by atoms with Crippen molar-refractivity contribution in [3.8, 4) is 0 Å². The van der Waals surface area contributed by atoms with Gasteiger partial charge < -0.3 is 10.2 Å². The van der Waals surface area contributed by atoms with Gasteiger partial charge in [-0.25, -0.2) is 4.98 Å². The molecule has 0 bridgehead atoms. The van der Waals surface area contributed by atoms with E-state index in [1.807, 2.05) is 14.0 Å². The third-order valence-electron chi connectivity index (χ3n) is 2.64. The lowest BCUT2D eigenvalue weighted by Gasteiger charge is -2.25. The van der Waals surface area contributed by atoms with Crippen molar-refractivity contribution in [2.45, 2.75) is 13.1 Å². The Morgan fingerprint density at radius 1 is 1.47 bits per heavy atom. The van der Waals surface area contributed by atoms with Crippen LogP contribution in [-0.2, 0) is 6.18 Å². The molecule has 0 spiro atoms. The van der Waals surface area contributed by atoms with Crippen molar-refractivity contribution in [1.82, 2.24) is 10.3 Å². The van der Waals surface area contributed by atoms with Crippen LogP contribution >= 0.6 is 15.9 Å². The Bertz CT molecular complexity index is 423. The van der Waals surface area contributed by atoms with Crippen molar-refractivity contribution in [3.63, 3.8) is 0 Å². The smallest absolute Gasteiger partial charge is 0.359 e. The van der Waals surface area contributed by atoms with Crippen molar-refractivity contribution < 1.29 is 13.2 Å². The Kier molecular flexibility index (Phi) is 5.61. The Hall–Kier alpha value is -0.820. The highest BCUT2D eigenvalue weighted by Crippen LogP contribution is 2.36. The van der Waals surface area contributed by atoms with Crippen LogP contribution in [0.15, 0.2) is 16.7 Å². The Labute approximate surface area is 119 Å². The molecule has 1 aromatic heterocycles. The van der Waals surface area contributed by atoms with Gasteiger partial charge in [-0.05, 0) is 41.5 Å². The summed E-state index contributed by atoms with van der Waals surface area (Å²) >= 11 is 3.02. The molecular weight excluding hydrogens is 323 g/mol. The first-order valence-electron chi connectivity index (χ1n) is 5.84. The molecule has 1 rings (SSSR count). The molecule has 0 aliphatic rings. The standard InChI is InChI=1S/C12H17BrF3N3/c1-8(5-17-2)7-19(3)11-10(12(14,15)16)4-9(13)6-18-11/h4,6,8,17H,5,7H2,1-3H3. The van der Waals surface area contributed by atoms with Crippen LogP contribution in [-0.4, -0.2) is 32.2 Å². The first kappa shape index (κ1) is 16.2. The zero-order valence-electron chi connectivity index (χ0n) is 11.1. The van der Waals surface area contributed by atoms with E-state index in [0.29, 0.717) is 11.0 Å². The molecule has 1 unspecified atom stereocenters. The Morgan fingerprint density at radius 3 is 2.63 bits per heavy atom. The summed E-state index contributed by atoms with van der Waals surface area (Å²) in [6, 6.07) is 1.06. The van der Waals surface area contributed by atoms with E-state index in [1.54, 1.807) is 7.05 Å². The molecule has 0 saturated heterocycles. The van der Waals surface area contributed by atoms with E-state index in [2.05, 4.69) is 26.2 Å². The maximum Gasteiger partial charge on any atom is 0.419 e.